The lowest BCUT2D eigenvalue weighted by atomic mass is 9.45. The van der Waals surface area contributed by atoms with Crippen LogP contribution in [0.1, 0.15) is 40.0 Å². The molecule has 0 bridgehead atoms. The molecule has 29 heavy (non-hydrogen) atoms. The second-order valence-electron chi connectivity index (χ2n) is 9.67. The second-order valence-corrected chi connectivity index (χ2v) is 9.67. The fraction of sp³-hybridized carbons (Fsp3) is 0.682. The first-order valence-electron chi connectivity index (χ1n) is 10.1. The van der Waals surface area contributed by atoms with E-state index in [1.165, 1.54) is 19.1 Å². The number of aliphatic hydroxyl groups is 2. The maximum Gasteiger partial charge on any atom is 0.190 e. The fourth-order valence-corrected chi connectivity index (χ4v) is 6.99. The van der Waals surface area contributed by atoms with E-state index in [2.05, 4.69) is 0 Å². The lowest BCUT2D eigenvalue weighted by Gasteiger charge is -2.60. The van der Waals surface area contributed by atoms with E-state index in [1.807, 2.05) is 0 Å². The maximum atomic E-state index is 16.8. The molecule has 4 aliphatic rings. The van der Waals surface area contributed by atoms with E-state index in [9.17, 15) is 24.6 Å². The van der Waals surface area contributed by atoms with Gasteiger partial charge in [0.15, 0.2) is 23.0 Å². The van der Waals surface area contributed by atoms with Crippen molar-refractivity contribution in [2.75, 3.05) is 6.61 Å². The lowest BCUT2D eigenvalue weighted by molar-refractivity contribution is -0.189. The van der Waals surface area contributed by atoms with Gasteiger partial charge in [0.1, 0.15) is 18.4 Å². The summed E-state index contributed by atoms with van der Waals surface area (Å²) in [5, 5.41) is 20.7. The van der Waals surface area contributed by atoms with Crippen molar-refractivity contribution in [3.63, 3.8) is 0 Å². The average molecular weight is 408 g/mol. The fourth-order valence-electron chi connectivity index (χ4n) is 6.99. The van der Waals surface area contributed by atoms with Gasteiger partial charge >= 0.3 is 0 Å². The Morgan fingerprint density at radius 3 is 2.52 bits per heavy atom. The first-order valence-corrected chi connectivity index (χ1v) is 10.1. The van der Waals surface area contributed by atoms with Crippen molar-refractivity contribution in [2.24, 2.45) is 28.6 Å². The van der Waals surface area contributed by atoms with Crippen molar-refractivity contribution in [2.45, 2.75) is 57.5 Å². The van der Waals surface area contributed by atoms with Gasteiger partial charge in [0.2, 0.25) is 0 Å². The Bertz CT molecular complexity index is 880. The molecule has 0 aromatic carbocycles. The third-order valence-corrected chi connectivity index (χ3v) is 8.54. The van der Waals surface area contributed by atoms with E-state index in [0.717, 1.165) is 6.08 Å². The third kappa shape index (κ3) is 2.13. The molecule has 8 atom stereocenters. The number of ketones is 3. The van der Waals surface area contributed by atoms with Crippen molar-refractivity contribution >= 4 is 17.3 Å². The van der Waals surface area contributed by atoms with Crippen LogP contribution >= 0.6 is 0 Å². The Morgan fingerprint density at radius 1 is 1.24 bits per heavy atom. The molecule has 0 radical (unpaired) electrons. The molecular weight excluding hydrogens is 382 g/mol. The number of fused-ring (bicyclic) bond motifs is 5. The number of carbonyl (C=O) groups excluding carboxylic acids is 3. The normalized spacial score (nSPS) is 51.2. The van der Waals surface area contributed by atoms with Crippen LogP contribution in [0.5, 0.6) is 0 Å². The summed E-state index contributed by atoms with van der Waals surface area (Å²) in [5.74, 6) is -4.31. The molecule has 0 amide bonds. The van der Waals surface area contributed by atoms with Crippen molar-refractivity contribution in [1.82, 2.24) is 0 Å². The van der Waals surface area contributed by atoms with Gasteiger partial charge in [-0.25, -0.2) is 8.78 Å². The molecular formula is C22H26F2O5. The van der Waals surface area contributed by atoms with E-state index in [0.29, 0.717) is 0 Å². The zero-order valence-electron chi connectivity index (χ0n) is 16.7. The van der Waals surface area contributed by atoms with Crippen LogP contribution in [-0.2, 0) is 14.4 Å². The largest absolute Gasteiger partial charge is 0.388 e. The predicted molar refractivity (Wildman–Crippen MR) is 99.2 cm³/mol. The van der Waals surface area contributed by atoms with E-state index < -0.39 is 76.4 Å². The molecule has 158 valence electrons. The standard InChI is InChI=1S/C22H26F2O5/c1-11-6-13-14-8-16(23)15-7-12(26)4-5-19(15,2)21(14,24)17(27)9-20(13,3)22(11,29)18(28)10-25/h4-5,7,11,13-14,16,25,29H,6,8-10H2,1-3H3/t11-,13+,14+,16+,19+,20+,21+,22+/m1/s1. The summed E-state index contributed by atoms with van der Waals surface area (Å²) in [6, 6.07) is 0. The summed E-state index contributed by atoms with van der Waals surface area (Å²) in [7, 11) is 0. The number of halogens is 2. The summed E-state index contributed by atoms with van der Waals surface area (Å²) >= 11 is 0. The SMILES string of the molecule is C[C@@H]1C[C@H]2[C@@H]3C[C@H](F)C4=CC(=O)C=C[C@]4(C)[C@@]3(F)C(=O)C[C@]2(C)[C@@]1(O)C(=O)CO. The van der Waals surface area contributed by atoms with Gasteiger partial charge in [0.05, 0.1) is 5.41 Å². The molecule has 7 heteroatoms. The number of rotatable bonds is 2. The van der Waals surface area contributed by atoms with Gasteiger partial charge < -0.3 is 10.2 Å². The molecule has 0 unspecified atom stereocenters. The van der Waals surface area contributed by atoms with E-state index in [-0.39, 0.29) is 18.4 Å². The first-order chi connectivity index (χ1) is 13.4. The Hall–Kier alpha value is -1.73. The number of carbonyl (C=O) groups is 3. The number of aliphatic hydroxyl groups excluding tert-OH is 1. The van der Waals surface area contributed by atoms with Gasteiger partial charge in [-0.3, -0.25) is 14.4 Å². The highest BCUT2D eigenvalue weighted by Crippen LogP contribution is 2.69. The van der Waals surface area contributed by atoms with Gasteiger partial charge in [-0.2, -0.15) is 0 Å². The van der Waals surface area contributed by atoms with Crippen LogP contribution in [0.25, 0.3) is 0 Å². The van der Waals surface area contributed by atoms with Gasteiger partial charge in [-0.1, -0.05) is 19.9 Å². The minimum absolute atomic E-state index is 0.0200. The summed E-state index contributed by atoms with van der Waals surface area (Å²) in [4.78, 5) is 37.6. The summed E-state index contributed by atoms with van der Waals surface area (Å²) in [6.45, 7) is 3.78. The van der Waals surface area contributed by atoms with Crippen LogP contribution in [0.3, 0.4) is 0 Å². The van der Waals surface area contributed by atoms with Crippen molar-refractivity contribution in [3.8, 4) is 0 Å². The molecule has 2 N–H and O–H groups in total. The van der Waals surface area contributed by atoms with E-state index in [4.69, 9.17) is 0 Å². The van der Waals surface area contributed by atoms with Crippen LogP contribution in [-0.4, -0.2) is 51.6 Å². The third-order valence-electron chi connectivity index (χ3n) is 8.54. The number of alkyl halides is 2. The van der Waals surface area contributed by atoms with Gasteiger partial charge in [-0.15, -0.1) is 0 Å². The number of hydrogen-bond donors (Lipinski definition) is 2. The number of allylic oxidation sites excluding steroid dienone is 4. The van der Waals surface area contributed by atoms with E-state index in [1.54, 1.807) is 13.8 Å². The minimum Gasteiger partial charge on any atom is -0.388 e. The minimum atomic E-state index is -2.43. The topological polar surface area (TPSA) is 91.7 Å². The van der Waals surface area contributed by atoms with Crippen LogP contribution in [0.4, 0.5) is 8.78 Å². The smallest absolute Gasteiger partial charge is 0.190 e. The molecule has 0 saturated heterocycles. The van der Waals surface area contributed by atoms with Crippen molar-refractivity contribution < 1.29 is 33.4 Å². The van der Waals surface area contributed by atoms with Crippen LogP contribution in [0.2, 0.25) is 0 Å². The zero-order valence-corrected chi connectivity index (χ0v) is 16.7. The van der Waals surface area contributed by atoms with Crippen LogP contribution in [0.15, 0.2) is 23.8 Å². The van der Waals surface area contributed by atoms with Crippen LogP contribution < -0.4 is 0 Å². The molecule has 0 aliphatic heterocycles. The Labute approximate surface area is 167 Å². The summed E-state index contributed by atoms with van der Waals surface area (Å²) < 4.78 is 32.0. The predicted octanol–water partition coefficient (Wildman–Crippen LogP) is 2.05. The summed E-state index contributed by atoms with van der Waals surface area (Å²) in [5.41, 5.74) is -7.32. The summed E-state index contributed by atoms with van der Waals surface area (Å²) in [6.07, 6.45) is 1.52. The molecule has 3 saturated carbocycles. The highest BCUT2D eigenvalue weighted by Gasteiger charge is 2.76. The molecule has 5 nitrogen and oxygen atoms in total. The van der Waals surface area contributed by atoms with Gasteiger partial charge in [0.25, 0.3) is 0 Å². The van der Waals surface area contributed by atoms with Crippen molar-refractivity contribution in [1.29, 1.82) is 0 Å². The lowest BCUT2D eigenvalue weighted by Crippen LogP contribution is -2.69. The maximum absolute atomic E-state index is 16.8. The molecule has 3 fully saturated rings. The quantitative estimate of drug-likeness (QED) is 0.730. The van der Waals surface area contributed by atoms with Crippen LogP contribution in [0, 0.1) is 28.6 Å². The zero-order chi connectivity index (χ0) is 21.6. The Kier molecular flexibility index (Phi) is 4.19. The first kappa shape index (κ1) is 20.5. The molecule has 0 spiro atoms. The van der Waals surface area contributed by atoms with Gasteiger partial charge in [0, 0.05) is 17.8 Å². The van der Waals surface area contributed by atoms with E-state index >= 15 is 8.78 Å². The Morgan fingerprint density at radius 2 is 1.90 bits per heavy atom. The Balaban J connectivity index is 1.88. The number of Topliss-reactive ketones (excluding diaryl/α,β-unsaturated/α-hetero) is 2. The molecule has 4 aliphatic carbocycles. The molecule has 4 rings (SSSR count). The highest BCUT2D eigenvalue weighted by molar-refractivity contribution is 6.03. The number of hydrogen-bond acceptors (Lipinski definition) is 5. The average Bonchev–Trinajstić information content (AvgIpc) is 2.86. The van der Waals surface area contributed by atoms with Gasteiger partial charge in [-0.05, 0) is 49.3 Å². The molecule has 0 aromatic heterocycles. The molecule has 0 heterocycles. The van der Waals surface area contributed by atoms with Crippen molar-refractivity contribution in [3.05, 3.63) is 23.8 Å². The second kappa shape index (κ2) is 5.91. The highest BCUT2D eigenvalue weighted by atomic mass is 19.1. The molecule has 0 aromatic rings. The monoisotopic (exact) mass is 408 g/mol.